The summed E-state index contributed by atoms with van der Waals surface area (Å²) in [6.07, 6.45) is 0.977. The zero-order chi connectivity index (χ0) is 14.5. The fourth-order valence-electron chi connectivity index (χ4n) is 2.77. The van der Waals surface area contributed by atoms with Gasteiger partial charge in [-0.25, -0.2) is 0 Å². The van der Waals surface area contributed by atoms with Gasteiger partial charge in [-0.05, 0) is 43.5 Å². The van der Waals surface area contributed by atoms with Gasteiger partial charge in [0.2, 0.25) is 0 Å². The van der Waals surface area contributed by atoms with Crippen molar-refractivity contribution in [1.82, 2.24) is 5.32 Å². The summed E-state index contributed by atoms with van der Waals surface area (Å²) in [5, 5.41) is 3.29. The molecule has 110 valence electrons. The number of carbonyl (C=O) groups is 1. The molecule has 0 bridgehead atoms. The highest BCUT2D eigenvalue weighted by atomic mass is 16.5. The topological polar surface area (TPSA) is 41.6 Å². The molecule has 0 aliphatic carbocycles. The summed E-state index contributed by atoms with van der Waals surface area (Å²) in [5.74, 6) is 0.0989. The molecule has 1 N–H and O–H groups in total. The van der Waals surface area contributed by atoms with Gasteiger partial charge in [0.05, 0.1) is 12.5 Å². The van der Waals surface area contributed by atoms with Crippen LogP contribution in [0.5, 0.6) is 0 Å². The lowest BCUT2D eigenvalue weighted by molar-refractivity contribution is -0.149. The molecule has 2 atom stereocenters. The van der Waals surface area contributed by atoms with E-state index in [1.165, 1.54) is 11.3 Å². The number of ether oxygens (including phenoxy) is 1. The van der Waals surface area contributed by atoms with E-state index in [1.54, 1.807) is 0 Å². The van der Waals surface area contributed by atoms with Crippen molar-refractivity contribution in [2.45, 2.75) is 19.3 Å². The minimum Gasteiger partial charge on any atom is -0.466 e. The van der Waals surface area contributed by atoms with Gasteiger partial charge in [-0.15, -0.1) is 0 Å². The van der Waals surface area contributed by atoms with E-state index in [4.69, 9.17) is 4.74 Å². The number of hydrogen-bond donors (Lipinski definition) is 1. The van der Waals surface area contributed by atoms with Crippen molar-refractivity contribution in [3.63, 3.8) is 0 Å². The van der Waals surface area contributed by atoms with Crippen molar-refractivity contribution >= 4 is 11.7 Å². The number of piperidine rings is 1. The molecule has 1 aliphatic rings. The maximum atomic E-state index is 12.1. The molecule has 1 aliphatic heterocycles. The summed E-state index contributed by atoms with van der Waals surface area (Å²) >= 11 is 0. The summed E-state index contributed by atoms with van der Waals surface area (Å²) < 4.78 is 5.21. The van der Waals surface area contributed by atoms with Crippen LogP contribution in [0.4, 0.5) is 5.69 Å². The smallest absolute Gasteiger partial charge is 0.310 e. The lowest BCUT2D eigenvalue weighted by Gasteiger charge is -2.31. The average molecular weight is 276 g/mol. The number of anilines is 1. The van der Waals surface area contributed by atoms with E-state index in [-0.39, 0.29) is 17.8 Å². The van der Waals surface area contributed by atoms with Crippen LogP contribution in [0.3, 0.4) is 0 Å². The molecule has 1 aromatic carbocycles. The van der Waals surface area contributed by atoms with E-state index in [1.807, 2.05) is 21.0 Å². The molecule has 0 spiro atoms. The Kier molecular flexibility index (Phi) is 5.01. The minimum absolute atomic E-state index is 0.0751. The fourth-order valence-corrected chi connectivity index (χ4v) is 2.77. The highest BCUT2D eigenvalue weighted by Crippen LogP contribution is 2.32. The quantitative estimate of drug-likeness (QED) is 0.854. The van der Waals surface area contributed by atoms with Crippen molar-refractivity contribution in [3.05, 3.63) is 29.8 Å². The molecule has 2 rings (SSSR count). The number of esters is 1. The first-order valence-corrected chi connectivity index (χ1v) is 7.28. The molecule has 4 heteroatoms. The number of nitrogens with one attached hydrogen (secondary N) is 1. The fraction of sp³-hybridized carbons (Fsp3) is 0.562. The second kappa shape index (κ2) is 6.75. The summed E-state index contributed by atoms with van der Waals surface area (Å²) in [4.78, 5) is 14.2. The van der Waals surface area contributed by atoms with Crippen molar-refractivity contribution in [1.29, 1.82) is 0 Å². The third-order valence-corrected chi connectivity index (χ3v) is 3.91. The molecule has 0 amide bonds. The van der Waals surface area contributed by atoms with E-state index in [0.717, 1.165) is 13.0 Å². The molecule has 4 nitrogen and oxygen atoms in total. The summed E-state index contributed by atoms with van der Waals surface area (Å²) in [5.41, 5.74) is 2.41. The largest absolute Gasteiger partial charge is 0.466 e. The number of carbonyl (C=O) groups excluding carboxylic acids is 1. The molecule has 1 unspecified atom stereocenters. The Bertz CT molecular complexity index is 442. The van der Waals surface area contributed by atoms with Gasteiger partial charge in [-0.1, -0.05) is 12.1 Å². The van der Waals surface area contributed by atoms with Crippen molar-refractivity contribution in [2.24, 2.45) is 5.92 Å². The van der Waals surface area contributed by atoms with Crippen LogP contribution < -0.4 is 10.2 Å². The first-order valence-electron chi connectivity index (χ1n) is 7.28. The zero-order valence-electron chi connectivity index (χ0n) is 12.6. The standard InChI is InChI=1S/C16H24N2O2/c1-4-20-16(19)15-11-17-10-9-14(15)12-5-7-13(8-6-12)18(2)3/h5-8,14-15,17H,4,9-11H2,1-3H3/t14?,15-/m1/s1. The van der Waals surface area contributed by atoms with E-state index < -0.39 is 0 Å². The van der Waals surface area contributed by atoms with Crippen LogP contribution >= 0.6 is 0 Å². The maximum absolute atomic E-state index is 12.1. The highest BCUT2D eigenvalue weighted by Gasteiger charge is 2.32. The van der Waals surface area contributed by atoms with Crippen molar-refractivity contribution in [2.75, 3.05) is 38.7 Å². The monoisotopic (exact) mass is 276 g/mol. The number of nitrogens with zero attached hydrogens (tertiary/aromatic N) is 1. The highest BCUT2D eigenvalue weighted by molar-refractivity contribution is 5.74. The van der Waals surface area contributed by atoms with Crippen LogP contribution in [0.15, 0.2) is 24.3 Å². The Morgan fingerprint density at radius 2 is 2.05 bits per heavy atom. The predicted octanol–water partition coefficient (Wildman–Crippen LogP) is 2.01. The second-order valence-corrected chi connectivity index (χ2v) is 5.44. The second-order valence-electron chi connectivity index (χ2n) is 5.44. The van der Waals surface area contributed by atoms with Gasteiger partial charge in [-0.2, -0.15) is 0 Å². The van der Waals surface area contributed by atoms with Gasteiger partial charge in [0.15, 0.2) is 0 Å². The molecular weight excluding hydrogens is 252 g/mol. The zero-order valence-corrected chi connectivity index (χ0v) is 12.6. The Morgan fingerprint density at radius 3 is 2.65 bits per heavy atom. The van der Waals surface area contributed by atoms with Gasteiger partial charge in [0.25, 0.3) is 0 Å². The molecule has 1 fully saturated rings. The van der Waals surface area contributed by atoms with E-state index >= 15 is 0 Å². The Balaban J connectivity index is 2.16. The molecule has 20 heavy (non-hydrogen) atoms. The van der Waals surface area contributed by atoms with Crippen molar-refractivity contribution < 1.29 is 9.53 Å². The predicted molar refractivity (Wildman–Crippen MR) is 81.1 cm³/mol. The van der Waals surface area contributed by atoms with Crippen LogP contribution in [-0.2, 0) is 9.53 Å². The van der Waals surface area contributed by atoms with Crippen LogP contribution in [0.25, 0.3) is 0 Å². The number of benzene rings is 1. The normalized spacial score (nSPS) is 22.4. The molecule has 1 heterocycles. The third kappa shape index (κ3) is 3.31. The van der Waals surface area contributed by atoms with Crippen LogP contribution in [0, 0.1) is 5.92 Å². The van der Waals surface area contributed by atoms with Crippen LogP contribution in [0.2, 0.25) is 0 Å². The molecule has 1 aromatic rings. The van der Waals surface area contributed by atoms with Gasteiger partial charge in [-0.3, -0.25) is 4.79 Å². The first-order chi connectivity index (χ1) is 9.63. The Labute approximate surface area is 121 Å². The molecule has 0 saturated carbocycles. The lowest BCUT2D eigenvalue weighted by atomic mass is 9.81. The van der Waals surface area contributed by atoms with Gasteiger partial charge >= 0.3 is 5.97 Å². The summed E-state index contributed by atoms with van der Waals surface area (Å²) in [7, 11) is 4.06. The summed E-state index contributed by atoms with van der Waals surface area (Å²) in [6.45, 7) is 3.96. The Morgan fingerprint density at radius 1 is 1.35 bits per heavy atom. The van der Waals surface area contributed by atoms with Crippen LogP contribution in [-0.4, -0.2) is 39.8 Å². The van der Waals surface area contributed by atoms with Gasteiger partial charge < -0.3 is 15.0 Å². The van der Waals surface area contributed by atoms with E-state index in [2.05, 4.69) is 34.5 Å². The Hall–Kier alpha value is -1.55. The summed E-state index contributed by atoms with van der Waals surface area (Å²) in [6, 6.07) is 8.49. The van der Waals surface area contributed by atoms with E-state index in [9.17, 15) is 4.79 Å². The molecule has 1 saturated heterocycles. The van der Waals surface area contributed by atoms with Gasteiger partial charge in [0.1, 0.15) is 0 Å². The molecule has 0 aromatic heterocycles. The van der Waals surface area contributed by atoms with E-state index in [0.29, 0.717) is 13.2 Å². The SMILES string of the molecule is CCOC(=O)[C@@H]1CNCCC1c1ccc(N(C)C)cc1. The molecule has 0 radical (unpaired) electrons. The lowest BCUT2D eigenvalue weighted by Crippen LogP contribution is -2.40. The minimum atomic E-state index is -0.0820. The number of rotatable bonds is 4. The average Bonchev–Trinajstić information content (AvgIpc) is 2.47. The van der Waals surface area contributed by atoms with Crippen LogP contribution in [0.1, 0.15) is 24.8 Å². The maximum Gasteiger partial charge on any atom is 0.310 e. The van der Waals surface area contributed by atoms with Crippen molar-refractivity contribution in [3.8, 4) is 0 Å². The molecular formula is C16H24N2O2. The third-order valence-electron chi connectivity index (χ3n) is 3.91. The number of hydrogen-bond acceptors (Lipinski definition) is 4. The first kappa shape index (κ1) is 14.9. The van der Waals surface area contributed by atoms with Gasteiger partial charge in [0, 0.05) is 26.3 Å².